The summed E-state index contributed by atoms with van der Waals surface area (Å²) in [5.74, 6) is 0.390. The van der Waals surface area contributed by atoms with Crippen molar-refractivity contribution in [1.29, 1.82) is 0 Å². The first kappa shape index (κ1) is 12.8. The van der Waals surface area contributed by atoms with Crippen LogP contribution < -0.4 is 15.6 Å². The van der Waals surface area contributed by atoms with Gasteiger partial charge in [-0.3, -0.25) is 9.59 Å². The zero-order valence-corrected chi connectivity index (χ0v) is 10.3. The highest BCUT2D eigenvalue weighted by Crippen LogP contribution is 2.12. The van der Waals surface area contributed by atoms with Crippen molar-refractivity contribution in [3.63, 3.8) is 0 Å². The van der Waals surface area contributed by atoms with E-state index in [1.54, 1.807) is 37.4 Å². The van der Waals surface area contributed by atoms with Crippen molar-refractivity contribution in [2.45, 2.75) is 6.54 Å². The van der Waals surface area contributed by atoms with Crippen molar-refractivity contribution in [3.05, 3.63) is 58.0 Å². The highest BCUT2D eigenvalue weighted by atomic mass is 16.5. The van der Waals surface area contributed by atoms with Gasteiger partial charge in [0.1, 0.15) is 5.75 Å². The lowest BCUT2D eigenvalue weighted by molar-refractivity contribution is 0.0950. The Morgan fingerprint density at radius 2 is 2.21 bits per heavy atom. The summed E-state index contributed by atoms with van der Waals surface area (Å²) in [5.41, 5.74) is 0.808. The van der Waals surface area contributed by atoms with E-state index >= 15 is 0 Å². The number of nitrogens with zero attached hydrogens (tertiary/aromatic N) is 1. The van der Waals surface area contributed by atoms with Gasteiger partial charge >= 0.3 is 0 Å². The Morgan fingerprint density at radius 3 is 2.89 bits per heavy atom. The number of hydrogen-bond donors (Lipinski definition) is 2. The number of ether oxygens (including phenoxy) is 1. The third kappa shape index (κ3) is 3.41. The first-order valence-electron chi connectivity index (χ1n) is 5.66. The molecule has 0 fully saturated rings. The molecule has 2 aromatic rings. The Kier molecular flexibility index (Phi) is 3.92. The highest BCUT2D eigenvalue weighted by Gasteiger charge is 2.06. The zero-order valence-electron chi connectivity index (χ0n) is 10.3. The molecule has 0 aliphatic heterocycles. The zero-order chi connectivity index (χ0) is 13.7. The quantitative estimate of drug-likeness (QED) is 0.847. The maximum Gasteiger partial charge on any atom is 0.264 e. The van der Waals surface area contributed by atoms with Crippen LogP contribution in [-0.4, -0.2) is 23.2 Å². The summed E-state index contributed by atoms with van der Waals surface area (Å²) in [6.45, 7) is 0.243. The number of amides is 1. The van der Waals surface area contributed by atoms with Crippen molar-refractivity contribution in [2.75, 3.05) is 7.11 Å². The average molecular weight is 259 g/mol. The summed E-state index contributed by atoms with van der Waals surface area (Å²) < 4.78 is 5.05. The predicted molar refractivity (Wildman–Crippen MR) is 69.0 cm³/mol. The molecule has 0 bridgehead atoms. The van der Waals surface area contributed by atoms with Crippen LogP contribution in [0.1, 0.15) is 16.1 Å². The number of carbonyl (C=O) groups excluding carboxylic acids is 1. The van der Waals surface area contributed by atoms with Crippen LogP contribution >= 0.6 is 0 Å². The number of benzene rings is 1. The molecule has 0 spiro atoms. The number of H-pyrrole nitrogens is 1. The molecule has 0 saturated carbocycles. The van der Waals surface area contributed by atoms with Crippen LogP contribution in [0.2, 0.25) is 0 Å². The normalized spacial score (nSPS) is 9.95. The second kappa shape index (κ2) is 5.81. The van der Waals surface area contributed by atoms with Crippen LogP contribution in [-0.2, 0) is 6.54 Å². The molecular formula is C13H13N3O3. The molecule has 0 unspecified atom stereocenters. The summed E-state index contributed by atoms with van der Waals surface area (Å²) in [6.07, 6.45) is 0. The second-order valence-corrected chi connectivity index (χ2v) is 3.83. The number of methoxy groups -OCH3 is 1. The van der Waals surface area contributed by atoms with Gasteiger partial charge < -0.3 is 10.1 Å². The number of aromatic amines is 1. The molecule has 19 heavy (non-hydrogen) atoms. The van der Waals surface area contributed by atoms with Crippen molar-refractivity contribution >= 4 is 5.91 Å². The number of nitrogens with one attached hydrogen (secondary N) is 2. The fourth-order valence-corrected chi connectivity index (χ4v) is 1.51. The summed E-state index contributed by atoms with van der Waals surface area (Å²) in [5, 5.41) is 8.81. The van der Waals surface area contributed by atoms with E-state index in [2.05, 4.69) is 15.5 Å². The van der Waals surface area contributed by atoms with Gasteiger partial charge in [0.2, 0.25) is 0 Å². The van der Waals surface area contributed by atoms with Crippen LogP contribution in [0, 0.1) is 0 Å². The fourth-order valence-electron chi connectivity index (χ4n) is 1.51. The molecule has 6 heteroatoms. The predicted octanol–water partition coefficient (Wildman–Crippen LogP) is 0.708. The number of hydrogen-bond acceptors (Lipinski definition) is 4. The van der Waals surface area contributed by atoms with Gasteiger partial charge in [-0.1, -0.05) is 6.07 Å². The topological polar surface area (TPSA) is 84.1 Å². The SMILES string of the molecule is COc1cccc(C(=O)NCc2ccc(=O)[nH]n2)c1. The Labute approximate surface area is 109 Å². The van der Waals surface area contributed by atoms with E-state index in [0.29, 0.717) is 17.0 Å². The van der Waals surface area contributed by atoms with Gasteiger partial charge in [0.15, 0.2) is 0 Å². The molecule has 98 valence electrons. The molecule has 2 rings (SSSR count). The van der Waals surface area contributed by atoms with Crippen molar-refractivity contribution < 1.29 is 9.53 Å². The van der Waals surface area contributed by atoms with Crippen LogP contribution in [0.5, 0.6) is 5.75 Å². The lowest BCUT2D eigenvalue weighted by Crippen LogP contribution is -2.24. The lowest BCUT2D eigenvalue weighted by Gasteiger charge is -2.06. The minimum absolute atomic E-state index is 0.230. The van der Waals surface area contributed by atoms with Gasteiger partial charge in [-0.05, 0) is 24.3 Å². The monoisotopic (exact) mass is 259 g/mol. The highest BCUT2D eigenvalue weighted by molar-refractivity contribution is 5.94. The largest absolute Gasteiger partial charge is 0.497 e. The van der Waals surface area contributed by atoms with E-state index < -0.39 is 0 Å². The number of rotatable bonds is 4. The Balaban J connectivity index is 2.00. The molecule has 1 heterocycles. The summed E-state index contributed by atoms with van der Waals surface area (Å²) in [7, 11) is 1.54. The van der Waals surface area contributed by atoms with Crippen molar-refractivity contribution in [3.8, 4) is 5.75 Å². The van der Waals surface area contributed by atoms with Crippen LogP contribution in [0.15, 0.2) is 41.2 Å². The van der Waals surface area contributed by atoms with Crippen LogP contribution in [0.3, 0.4) is 0 Å². The van der Waals surface area contributed by atoms with Gasteiger partial charge in [0, 0.05) is 11.6 Å². The van der Waals surface area contributed by atoms with Gasteiger partial charge in [-0.15, -0.1) is 0 Å². The standard InChI is InChI=1S/C13H13N3O3/c1-19-11-4-2-3-9(7-11)13(18)14-8-10-5-6-12(17)16-15-10/h2-7H,8H2,1H3,(H,14,18)(H,16,17). The minimum atomic E-state index is -0.275. The molecule has 0 radical (unpaired) electrons. The molecule has 1 amide bonds. The molecule has 1 aromatic heterocycles. The Hall–Kier alpha value is -2.63. The van der Waals surface area contributed by atoms with E-state index in [9.17, 15) is 9.59 Å². The third-order valence-electron chi connectivity index (χ3n) is 2.50. The van der Waals surface area contributed by atoms with E-state index in [0.717, 1.165) is 0 Å². The maximum atomic E-state index is 11.9. The average Bonchev–Trinajstić information content (AvgIpc) is 2.46. The third-order valence-corrected chi connectivity index (χ3v) is 2.50. The molecule has 1 aromatic carbocycles. The van der Waals surface area contributed by atoms with E-state index in [-0.39, 0.29) is 18.0 Å². The van der Waals surface area contributed by atoms with Crippen LogP contribution in [0.25, 0.3) is 0 Å². The smallest absolute Gasteiger partial charge is 0.264 e. The molecule has 6 nitrogen and oxygen atoms in total. The van der Waals surface area contributed by atoms with E-state index in [1.165, 1.54) is 6.07 Å². The van der Waals surface area contributed by atoms with Gasteiger partial charge in [-0.2, -0.15) is 5.10 Å². The first-order chi connectivity index (χ1) is 9.19. The van der Waals surface area contributed by atoms with E-state index in [4.69, 9.17) is 4.74 Å². The molecule has 0 saturated heterocycles. The molecule has 0 aliphatic carbocycles. The fraction of sp³-hybridized carbons (Fsp3) is 0.154. The maximum absolute atomic E-state index is 11.9. The summed E-state index contributed by atoms with van der Waals surface area (Å²) >= 11 is 0. The molecule has 2 N–H and O–H groups in total. The van der Waals surface area contributed by atoms with Crippen molar-refractivity contribution in [2.24, 2.45) is 0 Å². The van der Waals surface area contributed by atoms with E-state index in [1.807, 2.05) is 0 Å². The van der Waals surface area contributed by atoms with Gasteiger partial charge in [-0.25, -0.2) is 5.10 Å². The lowest BCUT2D eigenvalue weighted by atomic mass is 10.2. The summed E-state index contributed by atoms with van der Waals surface area (Å²) in [6, 6.07) is 9.77. The van der Waals surface area contributed by atoms with Crippen LogP contribution in [0.4, 0.5) is 0 Å². The number of aromatic nitrogens is 2. The first-order valence-corrected chi connectivity index (χ1v) is 5.66. The van der Waals surface area contributed by atoms with Gasteiger partial charge in [0.25, 0.3) is 11.5 Å². The Bertz CT molecular complexity index is 617. The number of carbonyl (C=O) groups is 1. The minimum Gasteiger partial charge on any atom is -0.497 e. The van der Waals surface area contributed by atoms with Gasteiger partial charge in [0.05, 0.1) is 19.3 Å². The summed E-state index contributed by atoms with van der Waals surface area (Å²) in [4.78, 5) is 22.7. The molecule has 0 aliphatic rings. The second-order valence-electron chi connectivity index (χ2n) is 3.83. The van der Waals surface area contributed by atoms with Crippen molar-refractivity contribution in [1.82, 2.24) is 15.5 Å². The Morgan fingerprint density at radius 1 is 1.37 bits per heavy atom. The molecule has 0 atom stereocenters. The molecular weight excluding hydrogens is 246 g/mol.